The largest absolute Gasteiger partial charge is 0.480 e. The number of carboxylic acids is 1. The van der Waals surface area contributed by atoms with Crippen molar-refractivity contribution >= 4 is 18.0 Å². The number of hydrogen-bond acceptors (Lipinski definition) is 4. The van der Waals surface area contributed by atoms with Gasteiger partial charge in [0.15, 0.2) is 0 Å². The minimum atomic E-state index is -1.55. The zero-order chi connectivity index (χ0) is 27.7. The van der Waals surface area contributed by atoms with Crippen LogP contribution in [-0.2, 0) is 19.7 Å². The molecule has 7 heteroatoms. The first-order valence-electron chi connectivity index (χ1n) is 12.6. The molecule has 3 aromatic carbocycles. The van der Waals surface area contributed by atoms with Gasteiger partial charge in [-0.25, -0.2) is 9.59 Å². The van der Waals surface area contributed by atoms with Crippen LogP contribution in [0.2, 0.25) is 0 Å². The fourth-order valence-electron chi connectivity index (χ4n) is 4.94. The summed E-state index contributed by atoms with van der Waals surface area (Å²) >= 11 is 0. The van der Waals surface area contributed by atoms with Crippen LogP contribution in [0.15, 0.2) is 78.9 Å². The summed E-state index contributed by atoms with van der Waals surface area (Å²) in [5.74, 6) is -1.96. The van der Waals surface area contributed by atoms with Gasteiger partial charge in [0.25, 0.3) is 0 Å². The van der Waals surface area contributed by atoms with Gasteiger partial charge in [-0.3, -0.25) is 4.79 Å². The lowest BCUT2D eigenvalue weighted by Gasteiger charge is -2.44. The van der Waals surface area contributed by atoms with Crippen molar-refractivity contribution in [2.45, 2.75) is 57.0 Å². The van der Waals surface area contributed by atoms with Crippen LogP contribution in [0.1, 0.15) is 57.2 Å². The Bertz CT molecular complexity index is 1320. The van der Waals surface area contributed by atoms with Crippen LogP contribution in [0.5, 0.6) is 0 Å². The molecule has 7 nitrogen and oxygen atoms in total. The van der Waals surface area contributed by atoms with Crippen molar-refractivity contribution in [1.29, 1.82) is 0 Å². The van der Waals surface area contributed by atoms with Gasteiger partial charge in [-0.2, -0.15) is 0 Å². The molecule has 0 bridgehead atoms. The lowest BCUT2D eigenvalue weighted by atomic mass is 9.68. The Morgan fingerprint density at radius 3 is 1.79 bits per heavy atom. The molecule has 1 aliphatic rings. The summed E-state index contributed by atoms with van der Waals surface area (Å²) < 4.78 is 5.75. The molecule has 1 aliphatic carbocycles. The number of fused-ring (bicyclic) bond motifs is 3. The van der Waals surface area contributed by atoms with E-state index in [4.69, 9.17) is 4.74 Å². The molecular weight excluding hydrogens is 480 g/mol. The molecule has 0 fully saturated rings. The van der Waals surface area contributed by atoms with Crippen LogP contribution in [0.3, 0.4) is 0 Å². The van der Waals surface area contributed by atoms with E-state index in [-0.39, 0.29) is 12.5 Å². The van der Waals surface area contributed by atoms with Crippen LogP contribution >= 0.6 is 0 Å². The molecule has 0 aromatic heterocycles. The van der Waals surface area contributed by atoms with Crippen molar-refractivity contribution in [3.05, 3.63) is 95.6 Å². The molecule has 0 radical (unpaired) electrons. The Hall–Kier alpha value is -4.13. The molecule has 0 aliphatic heterocycles. The van der Waals surface area contributed by atoms with Gasteiger partial charge < -0.3 is 20.5 Å². The minimum Gasteiger partial charge on any atom is -0.480 e. The molecule has 3 aromatic rings. The van der Waals surface area contributed by atoms with Crippen molar-refractivity contribution in [1.82, 2.24) is 10.6 Å². The number of nitrogens with one attached hydrogen (secondary N) is 2. The van der Waals surface area contributed by atoms with Gasteiger partial charge in [-0.05, 0) is 48.6 Å². The van der Waals surface area contributed by atoms with Gasteiger partial charge in [0.05, 0.1) is 0 Å². The van der Waals surface area contributed by atoms with Gasteiger partial charge in [-0.1, -0.05) is 92.7 Å². The molecule has 1 atom stereocenters. The van der Waals surface area contributed by atoms with Gasteiger partial charge in [0, 0.05) is 11.3 Å². The fraction of sp³-hybridized carbons (Fsp3) is 0.323. The number of carbonyl (C=O) groups excluding carboxylic acids is 2. The lowest BCUT2D eigenvalue weighted by Crippen LogP contribution is -2.69. The van der Waals surface area contributed by atoms with E-state index in [1.54, 1.807) is 6.92 Å². The highest BCUT2D eigenvalue weighted by Crippen LogP contribution is 2.44. The summed E-state index contributed by atoms with van der Waals surface area (Å²) in [7, 11) is 0. The number of carboxylic acid groups (broad SMARTS) is 1. The highest BCUT2D eigenvalue weighted by Gasteiger charge is 2.51. The summed E-state index contributed by atoms with van der Waals surface area (Å²) in [4.78, 5) is 38.7. The zero-order valence-corrected chi connectivity index (χ0v) is 22.4. The third kappa shape index (κ3) is 4.76. The quantitative estimate of drug-likeness (QED) is 0.381. The predicted molar refractivity (Wildman–Crippen MR) is 146 cm³/mol. The maximum atomic E-state index is 13.7. The molecule has 2 amide bonds. The van der Waals surface area contributed by atoms with Crippen LogP contribution in [0.4, 0.5) is 4.79 Å². The van der Waals surface area contributed by atoms with E-state index in [1.165, 1.54) is 13.8 Å². The van der Waals surface area contributed by atoms with E-state index in [1.807, 2.05) is 80.6 Å². The van der Waals surface area contributed by atoms with Crippen LogP contribution in [0.25, 0.3) is 11.1 Å². The molecule has 198 valence electrons. The van der Waals surface area contributed by atoms with Crippen molar-refractivity contribution in [2.24, 2.45) is 0 Å². The molecule has 1 unspecified atom stereocenters. The Kier molecular flexibility index (Phi) is 7.06. The molecule has 0 heterocycles. The lowest BCUT2D eigenvalue weighted by molar-refractivity contribution is -0.147. The molecule has 0 spiro atoms. The van der Waals surface area contributed by atoms with Crippen molar-refractivity contribution in [3.8, 4) is 11.1 Å². The second-order valence-electron chi connectivity index (χ2n) is 11.0. The minimum absolute atomic E-state index is 0.0872. The van der Waals surface area contributed by atoms with Gasteiger partial charge in [0.1, 0.15) is 17.7 Å². The maximum Gasteiger partial charge on any atom is 0.408 e. The maximum absolute atomic E-state index is 13.7. The zero-order valence-electron chi connectivity index (χ0n) is 22.4. The third-order valence-electron chi connectivity index (χ3n) is 7.86. The summed E-state index contributed by atoms with van der Waals surface area (Å²) in [6, 6.07) is 25.4. The van der Waals surface area contributed by atoms with E-state index >= 15 is 0 Å². The monoisotopic (exact) mass is 514 g/mol. The average Bonchev–Trinajstić information content (AvgIpc) is 3.21. The predicted octanol–water partition coefficient (Wildman–Crippen LogP) is 5.24. The average molecular weight is 515 g/mol. The number of carbonyl (C=O) groups is 3. The molecule has 0 saturated heterocycles. The number of alkyl carbamates (subject to hydrolysis) is 1. The molecule has 38 heavy (non-hydrogen) atoms. The highest BCUT2D eigenvalue weighted by atomic mass is 16.5. The second-order valence-corrected chi connectivity index (χ2v) is 11.0. The van der Waals surface area contributed by atoms with E-state index in [9.17, 15) is 19.5 Å². The Balaban J connectivity index is 1.60. The van der Waals surface area contributed by atoms with E-state index in [2.05, 4.69) is 22.8 Å². The van der Waals surface area contributed by atoms with E-state index in [0.29, 0.717) is 0 Å². The third-order valence-corrected chi connectivity index (χ3v) is 7.86. The number of aliphatic carboxylic acids is 1. The number of rotatable bonds is 8. The smallest absolute Gasteiger partial charge is 0.408 e. The van der Waals surface area contributed by atoms with E-state index < -0.39 is 34.5 Å². The number of ether oxygens (including phenoxy) is 1. The van der Waals surface area contributed by atoms with Crippen LogP contribution in [0, 0.1) is 0 Å². The molecule has 4 rings (SSSR count). The first-order chi connectivity index (χ1) is 17.9. The Morgan fingerprint density at radius 2 is 1.26 bits per heavy atom. The van der Waals surface area contributed by atoms with Crippen LogP contribution < -0.4 is 10.6 Å². The molecule has 3 N–H and O–H groups in total. The topological polar surface area (TPSA) is 105 Å². The molecular formula is C31H34N2O5. The number of amides is 2. The number of benzene rings is 3. The van der Waals surface area contributed by atoms with Crippen molar-refractivity contribution in [2.75, 3.05) is 6.61 Å². The summed E-state index contributed by atoms with van der Waals surface area (Å²) in [6.07, 6.45) is -0.762. The van der Waals surface area contributed by atoms with Gasteiger partial charge in [0.2, 0.25) is 5.91 Å². The Labute approximate surface area is 223 Å². The van der Waals surface area contributed by atoms with Gasteiger partial charge in [-0.15, -0.1) is 0 Å². The Morgan fingerprint density at radius 1 is 0.763 bits per heavy atom. The number of hydrogen-bond donors (Lipinski definition) is 3. The van der Waals surface area contributed by atoms with Crippen LogP contribution in [-0.4, -0.2) is 40.8 Å². The van der Waals surface area contributed by atoms with Crippen molar-refractivity contribution < 1.29 is 24.2 Å². The normalized spacial score (nSPS) is 14.6. The summed E-state index contributed by atoms with van der Waals surface area (Å²) in [6.45, 7) is 8.14. The first kappa shape index (κ1) is 26.9. The summed E-state index contributed by atoms with van der Waals surface area (Å²) in [5, 5.41) is 15.0. The standard InChI is InChI=1S/C31H34N2O5/c1-29(2,20-13-7-6-8-14-20)31(5,26(34)32-30(3,4)27(35)36)33-28(37)38-19-25-23-17-11-9-15-21(23)22-16-10-12-18-24(22)25/h6-18,25H,19H2,1-5H3,(H,32,34)(H,33,37)(H,35,36). The second kappa shape index (κ2) is 9.97. The molecule has 0 saturated carbocycles. The highest BCUT2D eigenvalue weighted by molar-refractivity contribution is 5.95. The van der Waals surface area contributed by atoms with E-state index in [0.717, 1.165) is 27.8 Å². The fourth-order valence-corrected chi connectivity index (χ4v) is 4.94. The first-order valence-corrected chi connectivity index (χ1v) is 12.6. The SMILES string of the molecule is CC(C)(NC(=O)C(C)(NC(=O)OCC1c2ccccc2-c2ccccc21)C(C)(C)c1ccccc1)C(=O)O. The van der Waals surface area contributed by atoms with Crippen molar-refractivity contribution in [3.63, 3.8) is 0 Å². The van der Waals surface area contributed by atoms with Gasteiger partial charge >= 0.3 is 12.1 Å². The summed E-state index contributed by atoms with van der Waals surface area (Å²) in [5.41, 5.74) is 1.15.